The Morgan fingerprint density at radius 2 is 1.32 bits per heavy atom. The van der Waals surface area contributed by atoms with Gasteiger partial charge in [-0.15, -0.1) is 0 Å². The van der Waals surface area contributed by atoms with Crippen LogP contribution in [0.25, 0.3) is 0 Å². The van der Waals surface area contributed by atoms with E-state index < -0.39 is 0 Å². The Labute approximate surface area is 180 Å². The Bertz CT molecular complexity index is 923. The van der Waals surface area contributed by atoms with Gasteiger partial charge in [0.2, 0.25) is 0 Å². The number of carbonyl (C=O) groups excluding carboxylic acids is 3. The van der Waals surface area contributed by atoms with Gasteiger partial charge in [-0.1, -0.05) is 0 Å². The Kier molecular flexibility index (Phi) is 7.07. The molecule has 1 heterocycles. The molecule has 0 aliphatic carbocycles. The Hall–Kier alpha value is -3.62. The minimum absolute atomic E-state index is 0.0253. The van der Waals surface area contributed by atoms with E-state index in [-0.39, 0.29) is 29.8 Å². The third-order valence-corrected chi connectivity index (χ3v) is 4.76. The number of carbonyl (C=O) groups is 3. The minimum Gasteiger partial charge on any atom is -0.336 e. The first-order valence-electron chi connectivity index (χ1n) is 10.1. The van der Waals surface area contributed by atoms with Crippen LogP contribution in [0.1, 0.15) is 24.2 Å². The topological polar surface area (TPSA) is 93.8 Å². The van der Waals surface area contributed by atoms with E-state index in [1.165, 1.54) is 24.3 Å². The Balaban J connectivity index is 1.49. The van der Waals surface area contributed by atoms with Crippen LogP contribution in [0.15, 0.2) is 48.5 Å². The van der Waals surface area contributed by atoms with E-state index in [1.54, 1.807) is 34.1 Å². The molecule has 0 saturated carbocycles. The fraction of sp³-hybridized carbons (Fsp3) is 0.318. The number of urea groups is 2. The van der Waals surface area contributed by atoms with Crippen molar-refractivity contribution in [3.63, 3.8) is 0 Å². The zero-order valence-electron chi connectivity index (χ0n) is 17.5. The number of hydrogen-bond donors (Lipinski definition) is 3. The van der Waals surface area contributed by atoms with E-state index >= 15 is 0 Å². The van der Waals surface area contributed by atoms with Crippen LogP contribution >= 0.6 is 0 Å². The molecule has 3 rings (SSSR count). The number of halogens is 1. The average Bonchev–Trinajstić information content (AvgIpc) is 2.75. The quantitative estimate of drug-likeness (QED) is 0.699. The van der Waals surface area contributed by atoms with Crippen molar-refractivity contribution in [3.8, 4) is 0 Å². The number of amides is 5. The summed E-state index contributed by atoms with van der Waals surface area (Å²) in [6.07, 6.45) is 0. The number of piperazine rings is 1. The molecule has 5 amide bonds. The molecule has 0 unspecified atom stereocenters. The molecule has 2 aromatic rings. The maximum atomic E-state index is 13.0. The first-order chi connectivity index (χ1) is 14.8. The highest BCUT2D eigenvalue weighted by Gasteiger charge is 2.25. The maximum absolute atomic E-state index is 13.0. The highest BCUT2D eigenvalue weighted by molar-refractivity contribution is 5.96. The smallest absolute Gasteiger partial charge is 0.321 e. The van der Waals surface area contributed by atoms with Gasteiger partial charge < -0.3 is 25.8 Å². The summed E-state index contributed by atoms with van der Waals surface area (Å²) in [6, 6.07) is 11.7. The first-order valence-corrected chi connectivity index (χ1v) is 10.1. The molecule has 0 aromatic heterocycles. The molecule has 1 aliphatic heterocycles. The molecule has 0 atom stereocenters. The number of nitrogens with zero attached hydrogens (tertiary/aromatic N) is 2. The Morgan fingerprint density at radius 3 is 1.90 bits per heavy atom. The summed E-state index contributed by atoms with van der Waals surface area (Å²) in [6.45, 7) is 5.35. The van der Waals surface area contributed by atoms with Crippen molar-refractivity contribution in [1.29, 1.82) is 0 Å². The number of hydrogen-bond acceptors (Lipinski definition) is 3. The van der Waals surface area contributed by atoms with Crippen LogP contribution in [0.3, 0.4) is 0 Å². The molecule has 1 fully saturated rings. The summed E-state index contributed by atoms with van der Waals surface area (Å²) in [5.74, 6) is -0.496. The molecule has 1 saturated heterocycles. The average molecular weight is 427 g/mol. The van der Waals surface area contributed by atoms with E-state index in [0.717, 1.165) is 0 Å². The van der Waals surface area contributed by atoms with Crippen molar-refractivity contribution >= 4 is 29.3 Å². The lowest BCUT2D eigenvalue weighted by Crippen LogP contribution is -2.51. The van der Waals surface area contributed by atoms with Gasteiger partial charge in [0, 0.05) is 49.2 Å². The van der Waals surface area contributed by atoms with Crippen LogP contribution in [-0.4, -0.2) is 60.0 Å². The molecular formula is C22H26FN5O3. The summed E-state index contributed by atoms with van der Waals surface area (Å²) >= 11 is 0. The molecule has 1 aliphatic rings. The molecule has 0 bridgehead atoms. The van der Waals surface area contributed by atoms with Gasteiger partial charge in [0.05, 0.1) is 0 Å². The molecule has 3 N–H and O–H groups in total. The predicted octanol–water partition coefficient (Wildman–Crippen LogP) is 3.35. The van der Waals surface area contributed by atoms with Crippen molar-refractivity contribution in [2.24, 2.45) is 0 Å². The molecule has 0 radical (unpaired) electrons. The Morgan fingerprint density at radius 1 is 0.806 bits per heavy atom. The lowest BCUT2D eigenvalue weighted by atomic mass is 10.1. The van der Waals surface area contributed by atoms with Crippen LogP contribution in [0, 0.1) is 5.82 Å². The van der Waals surface area contributed by atoms with Gasteiger partial charge in [0.25, 0.3) is 5.91 Å². The van der Waals surface area contributed by atoms with Crippen molar-refractivity contribution in [2.45, 2.75) is 19.9 Å². The van der Waals surface area contributed by atoms with Crippen LogP contribution < -0.4 is 16.0 Å². The molecule has 31 heavy (non-hydrogen) atoms. The largest absolute Gasteiger partial charge is 0.336 e. The van der Waals surface area contributed by atoms with Crippen molar-refractivity contribution in [3.05, 3.63) is 59.9 Å². The van der Waals surface area contributed by atoms with Crippen molar-refractivity contribution in [2.75, 3.05) is 36.8 Å². The van der Waals surface area contributed by atoms with Gasteiger partial charge in [-0.05, 0) is 62.4 Å². The van der Waals surface area contributed by atoms with Crippen LogP contribution in [0.2, 0.25) is 0 Å². The lowest BCUT2D eigenvalue weighted by Gasteiger charge is -2.34. The summed E-state index contributed by atoms with van der Waals surface area (Å²) in [7, 11) is 0. The minimum atomic E-state index is -0.368. The monoisotopic (exact) mass is 427 g/mol. The number of benzene rings is 2. The van der Waals surface area contributed by atoms with Crippen molar-refractivity contribution in [1.82, 2.24) is 15.1 Å². The fourth-order valence-electron chi connectivity index (χ4n) is 3.16. The number of anilines is 2. The summed E-state index contributed by atoms with van der Waals surface area (Å²) in [4.78, 5) is 40.2. The molecule has 8 nitrogen and oxygen atoms in total. The van der Waals surface area contributed by atoms with Gasteiger partial charge in [-0.2, -0.15) is 0 Å². The van der Waals surface area contributed by atoms with E-state index in [9.17, 15) is 18.8 Å². The number of nitrogens with one attached hydrogen (secondary N) is 3. The SMILES string of the molecule is CC(C)NC(=O)Nc1ccc(C(=O)N2CCN(C(=O)Nc3ccc(F)cc3)CC2)cc1. The standard InChI is InChI=1S/C22H26FN5O3/c1-15(2)24-21(30)25-18-7-3-16(4-8-18)20(29)27-11-13-28(14-12-27)22(31)26-19-9-5-17(23)6-10-19/h3-10,15H,11-14H2,1-2H3,(H,26,31)(H2,24,25,30). The summed E-state index contributed by atoms with van der Waals surface area (Å²) in [5.41, 5.74) is 1.62. The van der Waals surface area contributed by atoms with Crippen molar-refractivity contribution < 1.29 is 18.8 Å². The molecule has 164 valence electrons. The second-order valence-electron chi connectivity index (χ2n) is 7.55. The van der Waals surface area contributed by atoms with Crippen LogP contribution in [0.5, 0.6) is 0 Å². The molecular weight excluding hydrogens is 401 g/mol. The van der Waals surface area contributed by atoms with Crippen LogP contribution in [-0.2, 0) is 0 Å². The van der Waals surface area contributed by atoms with E-state index in [1.807, 2.05) is 13.8 Å². The predicted molar refractivity (Wildman–Crippen MR) is 117 cm³/mol. The van der Waals surface area contributed by atoms with Gasteiger partial charge in [-0.3, -0.25) is 4.79 Å². The van der Waals surface area contributed by atoms with E-state index in [2.05, 4.69) is 16.0 Å². The normalized spacial score (nSPS) is 13.7. The summed E-state index contributed by atoms with van der Waals surface area (Å²) < 4.78 is 13.0. The van der Waals surface area contributed by atoms with E-state index in [0.29, 0.717) is 43.1 Å². The fourth-order valence-corrected chi connectivity index (χ4v) is 3.16. The molecule has 2 aromatic carbocycles. The molecule has 9 heteroatoms. The lowest BCUT2D eigenvalue weighted by molar-refractivity contribution is 0.0671. The zero-order valence-corrected chi connectivity index (χ0v) is 17.5. The van der Waals surface area contributed by atoms with Gasteiger partial charge in [0.15, 0.2) is 0 Å². The maximum Gasteiger partial charge on any atom is 0.321 e. The van der Waals surface area contributed by atoms with Crippen LogP contribution in [0.4, 0.5) is 25.4 Å². The third-order valence-electron chi connectivity index (χ3n) is 4.76. The van der Waals surface area contributed by atoms with E-state index in [4.69, 9.17) is 0 Å². The van der Waals surface area contributed by atoms with Gasteiger partial charge >= 0.3 is 12.1 Å². The second-order valence-corrected chi connectivity index (χ2v) is 7.55. The first kappa shape index (κ1) is 22.1. The summed E-state index contributed by atoms with van der Waals surface area (Å²) in [5, 5.41) is 8.17. The third kappa shape index (κ3) is 6.18. The molecule has 0 spiro atoms. The highest BCUT2D eigenvalue weighted by atomic mass is 19.1. The number of rotatable bonds is 4. The highest BCUT2D eigenvalue weighted by Crippen LogP contribution is 2.15. The van der Waals surface area contributed by atoms with Gasteiger partial charge in [-0.25, -0.2) is 14.0 Å². The van der Waals surface area contributed by atoms with Gasteiger partial charge in [0.1, 0.15) is 5.82 Å². The zero-order chi connectivity index (χ0) is 22.4. The second kappa shape index (κ2) is 9.92.